The molecule has 1 N–H and O–H groups in total. The van der Waals surface area contributed by atoms with Crippen LogP contribution in [-0.2, 0) is 16.1 Å². The molecule has 2 amide bonds. The van der Waals surface area contributed by atoms with Gasteiger partial charge < -0.3 is 10.1 Å². The van der Waals surface area contributed by atoms with Gasteiger partial charge in [0.25, 0.3) is 0 Å². The van der Waals surface area contributed by atoms with Crippen LogP contribution in [-0.4, -0.2) is 23.5 Å². The van der Waals surface area contributed by atoms with Crippen molar-refractivity contribution in [3.63, 3.8) is 0 Å². The Bertz CT molecular complexity index is 863. The van der Waals surface area contributed by atoms with E-state index in [1.54, 1.807) is 26.0 Å². The van der Waals surface area contributed by atoms with E-state index < -0.39 is 12.0 Å². The van der Waals surface area contributed by atoms with Gasteiger partial charge in [-0.15, -0.1) is 0 Å². The summed E-state index contributed by atoms with van der Waals surface area (Å²) in [6, 6.07) is 14.2. The Morgan fingerprint density at radius 2 is 1.81 bits per heavy atom. The highest BCUT2D eigenvalue weighted by atomic mass is 19.1. The number of carbonyl (C=O) groups is 2. The first-order chi connectivity index (χ1) is 13.0. The van der Waals surface area contributed by atoms with E-state index >= 15 is 0 Å². The molecule has 0 aromatic heterocycles. The molecular formula is C21H21FN2O3. The van der Waals surface area contributed by atoms with Crippen LogP contribution in [0.1, 0.15) is 31.0 Å². The Morgan fingerprint density at radius 3 is 2.44 bits per heavy atom. The largest absolute Gasteiger partial charge is 0.463 e. The highest BCUT2D eigenvalue weighted by molar-refractivity contribution is 5.95. The van der Waals surface area contributed by atoms with Gasteiger partial charge in [-0.1, -0.05) is 42.5 Å². The SMILES string of the molecule is CCOC(=O)C1=C(C)N(Cc2ccccc2)C(=O)NC1c1ccc(F)cc1. The number of halogens is 1. The number of rotatable bonds is 5. The van der Waals surface area contributed by atoms with Crippen molar-refractivity contribution in [1.82, 2.24) is 10.2 Å². The van der Waals surface area contributed by atoms with Crippen molar-refractivity contribution < 1.29 is 18.7 Å². The number of benzene rings is 2. The quantitative estimate of drug-likeness (QED) is 0.814. The van der Waals surface area contributed by atoms with Gasteiger partial charge in [0.15, 0.2) is 0 Å². The van der Waals surface area contributed by atoms with Gasteiger partial charge in [-0.2, -0.15) is 0 Å². The van der Waals surface area contributed by atoms with Gasteiger partial charge in [0, 0.05) is 5.70 Å². The number of hydrogen-bond donors (Lipinski definition) is 1. The monoisotopic (exact) mass is 368 g/mol. The molecule has 1 unspecified atom stereocenters. The van der Waals surface area contributed by atoms with Crippen LogP contribution in [0.15, 0.2) is 65.9 Å². The smallest absolute Gasteiger partial charge is 0.338 e. The number of ether oxygens (including phenoxy) is 1. The van der Waals surface area contributed by atoms with Crippen molar-refractivity contribution in [2.45, 2.75) is 26.4 Å². The van der Waals surface area contributed by atoms with E-state index in [1.807, 2.05) is 30.3 Å². The molecule has 0 saturated heterocycles. The molecule has 140 valence electrons. The molecule has 27 heavy (non-hydrogen) atoms. The lowest BCUT2D eigenvalue weighted by Crippen LogP contribution is -2.47. The van der Waals surface area contributed by atoms with Gasteiger partial charge in [0.05, 0.1) is 24.8 Å². The maximum absolute atomic E-state index is 13.3. The van der Waals surface area contributed by atoms with Gasteiger partial charge >= 0.3 is 12.0 Å². The molecule has 2 aromatic carbocycles. The molecule has 0 saturated carbocycles. The molecule has 0 aliphatic carbocycles. The Labute approximate surface area is 157 Å². The molecule has 5 nitrogen and oxygen atoms in total. The zero-order chi connectivity index (χ0) is 19.4. The van der Waals surface area contributed by atoms with Crippen molar-refractivity contribution in [2.24, 2.45) is 0 Å². The second kappa shape index (κ2) is 8.03. The van der Waals surface area contributed by atoms with E-state index in [9.17, 15) is 14.0 Å². The molecule has 2 aromatic rings. The Morgan fingerprint density at radius 1 is 1.15 bits per heavy atom. The third-order valence-corrected chi connectivity index (χ3v) is 4.48. The minimum Gasteiger partial charge on any atom is -0.463 e. The molecule has 0 fully saturated rings. The topological polar surface area (TPSA) is 58.6 Å². The van der Waals surface area contributed by atoms with Crippen LogP contribution in [0.3, 0.4) is 0 Å². The van der Waals surface area contributed by atoms with Crippen LogP contribution in [0.5, 0.6) is 0 Å². The summed E-state index contributed by atoms with van der Waals surface area (Å²) in [5.74, 6) is -0.882. The number of esters is 1. The maximum Gasteiger partial charge on any atom is 0.338 e. The highest BCUT2D eigenvalue weighted by Crippen LogP contribution is 2.32. The number of hydrogen-bond acceptors (Lipinski definition) is 3. The molecular weight excluding hydrogens is 347 g/mol. The lowest BCUT2D eigenvalue weighted by molar-refractivity contribution is -0.139. The van der Waals surface area contributed by atoms with Crippen LogP contribution in [0, 0.1) is 5.82 Å². The van der Waals surface area contributed by atoms with Crippen molar-refractivity contribution in [2.75, 3.05) is 6.61 Å². The van der Waals surface area contributed by atoms with E-state index in [4.69, 9.17) is 4.74 Å². The summed E-state index contributed by atoms with van der Waals surface area (Å²) in [4.78, 5) is 26.9. The van der Waals surface area contributed by atoms with Crippen LogP contribution >= 0.6 is 0 Å². The average molecular weight is 368 g/mol. The predicted octanol–water partition coefficient (Wildman–Crippen LogP) is 3.93. The number of urea groups is 1. The van der Waals surface area contributed by atoms with E-state index in [2.05, 4.69) is 5.32 Å². The summed E-state index contributed by atoms with van der Waals surface area (Å²) in [6.45, 7) is 4.00. The summed E-state index contributed by atoms with van der Waals surface area (Å²) >= 11 is 0. The maximum atomic E-state index is 13.3. The van der Waals surface area contributed by atoms with E-state index in [-0.39, 0.29) is 18.5 Å². The van der Waals surface area contributed by atoms with E-state index in [0.717, 1.165) is 5.56 Å². The molecule has 1 aliphatic heterocycles. The molecule has 1 aliphatic rings. The summed E-state index contributed by atoms with van der Waals surface area (Å²) in [7, 11) is 0. The first kappa shape index (κ1) is 18.6. The van der Waals surface area contributed by atoms with Crippen LogP contribution in [0.2, 0.25) is 0 Å². The van der Waals surface area contributed by atoms with Gasteiger partial charge in [0.2, 0.25) is 0 Å². The second-order valence-electron chi connectivity index (χ2n) is 6.23. The zero-order valence-electron chi connectivity index (χ0n) is 15.2. The first-order valence-electron chi connectivity index (χ1n) is 8.76. The van der Waals surface area contributed by atoms with E-state index in [1.165, 1.54) is 17.0 Å². The normalized spacial score (nSPS) is 16.9. The summed E-state index contributed by atoms with van der Waals surface area (Å²) < 4.78 is 18.5. The third-order valence-electron chi connectivity index (χ3n) is 4.48. The number of allylic oxidation sites excluding steroid dienone is 1. The Hall–Kier alpha value is -3.15. The first-order valence-corrected chi connectivity index (χ1v) is 8.76. The number of carbonyl (C=O) groups excluding carboxylic acids is 2. The van der Waals surface area contributed by atoms with Gasteiger partial charge in [-0.05, 0) is 37.1 Å². The lowest BCUT2D eigenvalue weighted by atomic mass is 9.94. The van der Waals surface area contributed by atoms with Crippen molar-refractivity contribution >= 4 is 12.0 Å². The Kier molecular flexibility index (Phi) is 5.54. The fourth-order valence-electron chi connectivity index (χ4n) is 3.12. The van der Waals surface area contributed by atoms with Gasteiger partial charge in [-0.25, -0.2) is 14.0 Å². The van der Waals surface area contributed by atoms with Crippen molar-refractivity contribution in [3.05, 3.63) is 82.8 Å². The van der Waals surface area contributed by atoms with Crippen LogP contribution < -0.4 is 5.32 Å². The number of nitrogens with zero attached hydrogens (tertiary/aromatic N) is 1. The predicted molar refractivity (Wildman–Crippen MR) is 99.0 cm³/mol. The fourth-order valence-corrected chi connectivity index (χ4v) is 3.12. The van der Waals surface area contributed by atoms with Crippen molar-refractivity contribution in [1.29, 1.82) is 0 Å². The van der Waals surface area contributed by atoms with E-state index in [0.29, 0.717) is 23.4 Å². The van der Waals surface area contributed by atoms with Crippen LogP contribution in [0.4, 0.5) is 9.18 Å². The van der Waals surface area contributed by atoms with Gasteiger partial charge in [-0.3, -0.25) is 4.90 Å². The van der Waals surface area contributed by atoms with Gasteiger partial charge in [0.1, 0.15) is 5.82 Å². The highest BCUT2D eigenvalue weighted by Gasteiger charge is 2.36. The second-order valence-corrected chi connectivity index (χ2v) is 6.23. The summed E-state index contributed by atoms with van der Waals surface area (Å²) in [5, 5.41) is 2.85. The standard InChI is InChI=1S/C21H21FN2O3/c1-3-27-20(25)18-14(2)24(13-15-7-5-4-6-8-15)21(26)23-19(18)16-9-11-17(22)12-10-16/h4-12,19H,3,13H2,1-2H3,(H,23,26). The van der Waals surface area contributed by atoms with Crippen molar-refractivity contribution in [3.8, 4) is 0 Å². The summed E-state index contributed by atoms with van der Waals surface area (Å²) in [5.41, 5.74) is 2.43. The summed E-state index contributed by atoms with van der Waals surface area (Å²) in [6.07, 6.45) is 0. The molecule has 3 rings (SSSR count). The third kappa shape index (κ3) is 4.00. The molecule has 6 heteroatoms. The minimum atomic E-state index is -0.691. The minimum absolute atomic E-state index is 0.221. The number of nitrogens with one attached hydrogen (secondary N) is 1. The fraction of sp³-hybridized carbons (Fsp3) is 0.238. The zero-order valence-corrected chi connectivity index (χ0v) is 15.2. The number of amides is 2. The molecule has 0 bridgehead atoms. The lowest BCUT2D eigenvalue weighted by Gasteiger charge is -2.35. The van der Waals surface area contributed by atoms with Crippen LogP contribution in [0.25, 0.3) is 0 Å². The molecule has 0 radical (unpaired) electrons. The molecule has 1 heterocycles. The molecule has 1 atom stereocenters. The Balaban J connectivity index is 2.02. The molecule has 0 spiro atoms. The average Bonchev–Trinajstić information content (AvgIpc) is 2.66.